The van der Waals surface area contributed by atoms with Crippen LogP contribution < -0.4 is 0 Å². The number of Topliss-reactive ketones (excluding diaryl/α,β-unsaturated/α-hetero) is 1. The van der Waals surface area contributed by atoms with Crippen LogP contribution in [0.2, 0.25) is 0 Å². The topological polar surface area (TPSA) is 20.3 Å². The molecule has 3 rings (SSSR count). The van der Waals surface area contributed by atoms with E-state index in [1.54, 1.807) is 0 Å². The van der Waals surface area contributed by atoms with E-state index in [4.69, 9.17) is 0 Å². The van der Waals surface area contributed by atoms with Crippen molar-refractivity contribution < 1.29 is 4.79 Å². The molecule has 0 fully saturated rings. The number of carbonyl (C=O) groups is 1. The minimum absolute atomic E-state index is 0.194. The van der Waals surface area contributed by atoms with Crippen LogP contribution in [-0.4, -0.2) is 24.3 Å². The van der Waals surface area contributed by atoms with Gasteiger partial charge in [-0.3, -0.25) is 4.79 Å². The summed E-state index contributed by atoms with van der Waals surface area (Å²) < 4.78 is 0. The summed E-state index contributed by atoms with van der Waals surface area (Å²) in [6.45, 7) is 1.62. The molecule has 3 aromatic rings. The van der Waals surface area contributed by atoms with E-state index in [-0.39, 0.29) is 5.78 Å². The molecule has 0 aromatic heterocycles. The number of hydrogen-bond donors (Lipinski definition) is 0. The van der Waals surface area contributed by atoms with Crippen molar-refractivity contribution in [2.45, 2.75) is 13.0 Å². The minimum Gasteiger partial charge on any atom is -0.302 e. The molecule has 0 bridgehead atoms. The summed E-state index contributed by atoms with van der Waals surface area (Å²) in [6.07, 6.45) is 0.536. The lowest BCUT2D eigenvalue weighted by atomic mass is 10.0. The third kappa shape index (κ3) is 4.88. The lowest BCUT2D eigenvalue weighted by Gasteiger charge is -2.16. The Morgan fingerprint density at radius 3 is 1.96 bits per heavy atom. The maximum atomic E-state index is 12.4. The highest BCUT2D eigenvalue weighted by atomic mass is 16.1. The molecule has 0 aliphatic carbocycles. The van der Waals surface area contributed by atoms with Crippen LogP contribution in [0.15, 0.2) is 84.9 Å². The monoisotopic (exact) mass is 329 g/mol. The number of rotatable bonds is 7. The Bertz CT molecular complexity index is 795. The molecule has 0 aliphatic heterocycles. The zero-order valence-electron chi connectivity index (χ0n) is 14.6. The van der Waals surface area contributed by atoms with E-state index in [1.165, 1.54) is 11.1 Å². The van der Waals surface area contributed by atoms with Gasteiger partial charge in [0.1, 0.15) is 0 Å². The van der Waals surface area contributed by atoms with E-state index in [9.17, 15) is 4.79 Å². The Labute approximate surface area is 149 Å². The van der Waals surface area contributed by atoms with Gasteiger partial charge in [0.05, 0.1) is 0 Å². The van der Waals surface area contributed by atoms with Crippen molar-refractivity contribution in [3.05, 3.63) is 96.1 Å². The Morgan fingerprint density at radius 2 is 1.32 bits per heavy atom. The first-order chi connectivity index (χ1) is 12.2. The number of hydrogen-bond acceptors (Lipinski definition) is 2. The molecule has 0 aliphatic rings. The molecular weight excluding hydrogens is 306 g/mol. The molecule has 0 saturated carbocycles. The van der Waals surface area contributed by atoms with Gasteiger partial charge in [-0.15, -0.1) is 0 Å². The average molecular weight is 329 g/mol. The Morgan fingerprint density at radius 1 is 0.760 bits per heavy atom. The number of benzene rings is 3. The molecule has 0 heterocycles. The Kier molecular flexibility index (Phi) is 5.76. The first-order valence-electron chi connectivity index (χ1n) is 8.63. The SMILES string of the molecule is CN(CCC(=O)c1ccc(-c2ccccc2)cc1)Cc1ccccc1. The molecule has 0 spiro atoms. The molecule has 0 amide bonds. The zero-order valence-corrected chi connectivity index (χ0v) is 14.6. The van der Waals surface area contributed by atoms with Gasteiger partial charge in [0, 0.05) is 25.1 Å². The van der Waals surface area contributed by atoms with Crippen molar-refractivity contribution in [3.8, 4) is 11.1 Å². The molecule has 0 radical (unpaired) electrons. The predicted molar refractivity (Wildman–Crippen MR) is 104 cm³/mol. The second-order valence-corrected chi connectivity index (χ2v) is 6.34. The van der Waals surface area contributed by atoms with Gasteiger partial charge in [-0.25, -0.2) is 0 Å². The second-order valence-electron chi connectivity index (χ2n) is 6.34. The van der Waals surface area contributed by atoms with E-state index < -0.39 is 0 Å². The lowest BCUT2D eigenvalue weighted by molar-refractivity contribution is 0.0968. The van der Waals surface area contributed by atoms with Crippen molar-refractivity contribution in [3.63, 3.8) is 0 Å². The summed E-state index contributed by atoms with van der Waals surface area (Å²) in [5.74, 6) is 0.194. The fraction of sp³-hybridized carbons (Fsp3) is 0.174. The van der Waals surface area contributed by atoms with E-state index in [2.05, 4.69) is 36.2 Å². The fourth-order valence-electron chi connectivity index (χ4n) is 2.89. The standard InChI is InChI=1S/C23H23NO/c1-24(18-19-8-4-2-5-9-19)17-16-23(25)22-14-12-21(13-15-22)20-10-6-3-7-11-20/h2-15H,16-18H2,1H3. The molecule has 0 N–H and O–H groups in total. The van der Waals surface area contributed by atoms with E-state index in [0.717, 1.165) is 24.2 Å². The lowest BCUT2D eigenvalue weighted by Crippen LogP contribution is -2.21. The Balaban J connectivity index is 1.54. The average Bonchev–Trinajstić information content (AvgIpc) is 2.68. The van der Waals surface area contributed by atoms with Crippen LogP contribution in [0.3, 0.4) is 0 Å². The molecule has 126 valence electrons. The smallest absolute Gasteiger partial charge is 0.164 e. The maximum Gasteiger partial charge on any atom is 0.164 e. The first kappa shape index (κ1) is 17.1. The van der Waals surface area contributed by atoms with E-state index in [0.29, 0.717) is 6.42 Å². The molecular formula is C23H23NO. The van der Waals surface area contributed by atoms with Crippen molar-refractivity contribution in [2.75, 3.05) is 13.6 Å². The summed E-state index contributed by atoms with van der Waals surface area (Å²) in [4.78, 5) is 14.6. The fourth-order valence-corrected chi connectivity index (χ4v) is 2.89. The number of nitrogens with zero attached hydrogens (tertiary/aromatic N) is 1. The Hall–Kier alpha value is -2.71. The van der Waals surface area contributed by atoms with Gasteiger partial charge in [-0.05, 0) is 23.7 Å². The van der Waals surface area contributed by atoms with Gasteiger partial charge < -0.3 is 4.90 Å². The van der Waals surface area contributed by atoms with Crippen molar-refractivity contribution in [2.24, 2.45) is 0 Å². The van der Waals surface area contributed by atoms with Crippen molar-refractivity contribution in [1.82, 2.24) is 4.90 Å². The van der Waals surface area contributed by atoms with Crippen LogP contribution in [0.4, 0.5) is 0 Å². The highest BCUT2D eigenvalue weighted by Crippen LogP contribution is 2.19. The molecule has 25 heavy (non-hydrogen) atoms. The molecule has 0 atom stereocenters. The van der Waals surface area contributed by atoms with E-state index in [1.807, 2.05) is 60.7 Å². The number of ketones is 1. The van der Waals surface area contributed by atoms with Gasteiger partial charge in [0.25, 0.3) is 0 Å². The van der Waals surface area contributed by atoms with E-state index >= 15 is 0 Å². The van der Waals surface area contributed by atoms with Gasteiger partial charge >= 0.3 is 0 Å². The van der Waals surface area contributed by atoms with Crippen LogP contribution in [0.5, 0.6) is 0 Å². The van der Waals surface area contributed by atoms with Crippen LogP contribution in [0, 0.1) is 0 Å². The summed E-state index contributed by atoms with van der Waals surface area (Å²) in [5.41, 5.74) is 4.36. The molecule has 0 unspecified atom stereocenters. The quantitative estimate of drug-likeness (QED) is 0.565. The van der Waals surface area contributed by atoms with Gasteiger partial charge in [-0.2, -0.15) is 0 Å². The first-order valence-corrected chi connectivity index (χ1v) is 8.63. The van der Waals surface area contributed by atoms with Crippen LogP contribution in [-0.2, 0) is 6.54 Å². The highest BCUT2D eigenvalue weighted by Gasteiger charge is 2.08. The van der Waals surface area contributed by atoms with Gasteiger partial charge in [0.2, 0.25) is 0 Å². The van der Waals surface area contributed by atoms with Crippen LogP contribution in [0.1, 0.15) is 22.3 Å². The highest BCUT2D eigenvalue weighted by molar-refractivity contribution is 5.96. The normalized spacial score (nSPS) is 10.8. The van der Waals surface area contributed by atoms with Crippen molar-refractivity contribution >= 4 is 5.78 Å². The molecule has 2 nitrogen and oxygen atoms in total. The summed E-state index contributed by atoms with van der Waals surface area (Å²) in [7, 11) is 2.05. The number of carbonyl (C=O) groups excluding carboxylic acids is 1. The minimum atomic E-state index is 0.194. The van der Waals surface area contributed by atoms with Gasteiger partial charge in [0.15, 0.2) is 5.78 Å². The summed E-state index contributed by atoms with van der Waals surface area (Å²) in [5, 5.41) is 0. The van der Waals surface area contributed by atoms with Gasteiger partial charge in [-0.1, -0.05) is 84.9 Å². The summed E-state index contributed by atoms with van der Waals surface area (Å²) >= 11 is 0. The van der Waals surface area contributed by atoms with Crippen LogP contribution in [0.25, 0.3) is 11.1 Å². The van der Waals surface area contributed by atoms with Crippen LogP contribution >= 0.6 is 0 Å². The summed E-state index contributed by atoms with van der Waals surface area (Å²) in [6, 6.07) is 28.5. The maximum absolute atomic E-state index is 12.4. The third-order valence-corrected chi connectivity index (χ3v) is 4.33. The second kappa shape index (κ2) is 8.41. The molecule has 2 heteroatoms. The predicted octanol–water partition coefficient (Wildman–Crippen LogP) is 5.06. The largest absolute Gasteiger partial charge is 0.302 e. The molecule has 3 aromatic carbocycles. The van der Waals surface area contributed by atoms with Crippen molar-refractivity contribution in [1.29, 1.82) is 0 Å². The zero-order chi connectivity index (χ0) is 17.5. The third-order valence-electron chi connectivity index (χ3n) is 4.33. The molecule has 0 saturated heterocycles.